The Hall–Kier alpha value is -3.85. The van der Waals surface area contributed by atoms with Gasteiger partial charge in [-0.1, -0.05) is 66.8 Å². The minimum Gasteiger partial charge on any atom is -0.497 e. The molecule has 0 bridgehead atoms. The van der Waals surface area contributed by atoms with Crippen molar-refractivity contribution >= 4 is 27.5 Å². The first-order valence-corrected chi connectivity index (χ1v) is 15.9. The summed E-state index contributed by atoms with van der Waals surface area (Å²) in [7, 11) is -2.63. The lowest BCUT2D eigenvalue weighted by Crippen LogP contribution is -2.53. The lowest BCUT2D eigenvalue weighted by Gasteiger charge is -2.33. The molecular weight excluding hydrogens is 550 g/mol. The number of aryl methyl sites for hydroxylation is 2. The van der Waals surface area contributed by atoms with E-state index in [0.717, 1.165) is 53.1 Å². The number of sulfonamides is 1. The molecule has 0 aliphatic heterocycles. The maximum Gasteiger partial charge on any atom is 0.264 e. The fourth-order valence-corrected chi connectivity index (χ4v) is 6.57. The van der Waals surface area contributed by atoms with E-state index in [-0.39, 0.29) is 23.4 Å². The first-order valence-electron chi connectivity index (χ1n) is 14.5. The number of hydrogen-bond donors (Lipinski definition) is 1. The lowest BCUT2D eigenvalue weighted by atomic mass is 9.95. The average molecular weight is 592 g/mol. The molecule has 3 aromatic rings. The Morgan fingerprint density at radius 2 is 1.45 bits per heavy atom. The van der Waals surface area contributed by atoms with Crippen molar-refractivity contribution in [2.45, 2.75) is 76.4 Å². The molecule has 0 radical (unpaired) electrons. The molecule has 0 spiro atoms. The van der Waals surface area contributed by atoms with E-state index in [9.17, 15) is 18.0 Å². The van der Waals surface area contributed by atoms with Crippen molar-refractivity contribution in [2.75, 3.05) is 18.0 Å². The van der Waals surface area contributed by atoms with E-state index in [1.165, 1.54) is 24.1 Å². The molecule has 1 N–H and O–H groups in total. The molecule has 8 nitrogen and oxygen atoms in total. The predicted molar refractivity (Wildman–Crippen MR) is 165 cm³/mol. The Labute approximate surface area is 249 Å². The fourth-order valence-electron chi connectivity index (χ4n) is 5.16. The highest BCUT2D eigenvalue weighted by Gasteiger charge is 2.33. The molecule has 1 atom stereocenters. The normalized spacial score (nSPS) is 14.6. The highest BCUT2D eigenvalue weighted by Crippen LogP contribution is 2.26. The van der Waals surface area contributed by atoms with Gasteiger partial charge in [-0.15, -0.1) is 0 Å². The van der Waals surface area contributed by atoms with E-state index >= 15 is 0 Å². The van der Waals surface area contributed by atoms with Crippen molar-refractivity contribution in [2.24, 2.45) is 0 Å². The average Bonchev–Trinajstić information content (AvgIpc) is 3.00. The summed E-state index contributed by atoms with van der Waals surface area (Å²) in [5.74, 6) is -0.184. The smallest absolute Gasteiger partial charge is 0.264 e. The van der Waals surface area contributed by atoms with Gasteiger partial charge in [-0.2, -0.15) is 0 Å². The molecule has 2 amide bonds. The summed E-state index contributed by atoms with van der Waals surface area (Å²) < 4.78 is 34.3. The van der Waals surface area contributed by atoms with Gasteiger partial charge in [0.05, 0.1) is 17.7 Å². The summed E-state index contributed by atoms with van der Waals surface area (Å²) in [6, 6.07) is 20.1. The van der Waals surface area contributed by atoms with Gasteiger partial charge in [0.1, 0.15) is 18.3 Å². The number of amides is 2. The first-order chi connectivity index (χ1) is 20.1. The fraction of sp³-hybridized carbons (Fsp3) is 0.394. The molecule has 0 heterocycles. The molecule has 9 heteroatoms. The number of nitrogens with one attached hydrogen (secondary N) is 1. The Morgan fingerprint density at radius 3 is 2.02 bits per heavy atom. The maximum atomic E-state index is 14.1. The van der Waals surface area contributed by atoms with Crippen LogP contribution in [-0.2, 0) is 26.2 Å². The Kier molecular flexibility index (Phi) is 10.3. The number of rotatable bonds is 11. The third-order valence-electron chi connectivity index (χ3n) is 7.84. The quantitative estimate of drug-likeness (QED) is 0.323. The van der Waals surface area contributed by atoms with Crippen LogP contribution in [0.1, 0.15) is 55.7 Å². The zero-order valence-electron chi connectivity index (χ0n) is 24.9. The van der Waals surface area contributed by atoms with Crippen LogP contribution in [0, 0.1) is 13.8 Å². The van der Waals surface area contributed by atoms with Crippen molar-refractivity contribution in [3.05, 3.63) is 89.5 Å². The molecule has 1 unspecified atom stereocenters. The van der Waals surface area contributed by atoms with Crippen LogP contribution in [-0.4, -0.2) is 50.9 Å². The molecule has 3 aromatic carbocycles. The zero-order chi connectivity index (χ0) is 30.3. The number of carbonyl (C=O) groups excluding carboxylic acids is 2. The van der Waals surface area contributed by atoms with Crippen LogP contribution in [0.3, 0.4) is 0 Å². The second-order valence-electron chi connectivity index (χ2n) is 11.0. The van der Waals surface area contributed by atoms with E-state index in [1.54, 1.807) is 43.3 Å². The summed E-state index contributed by atoms with van der Waals surface area (Å²) in [5.41, 5.74) is 3.25. The van der Waals surface area contributed by atoms with Crippen molar-refractivity contribution < 1.29 is 22.7 Å². The van der Waals surface area contributed by atoms with E-state index in [4.69, 9.17) is 4.74 Å². The minimum absolute atomic E-state index is 0.0323. The van der Waals surface area contributed by atoms with Gasteiger partial charge in [0.2, 0.25) is 11.8 Å². The number of hydrogen-bond acceptors (Lipinski definition) is 5. The van der Waals surface area contributed by atoms with Crippen LogP contribution < -0.4 is 14.4 Å². The van der Waals surface area contributed by atoms with Crippen LogP contribution in [0.5, 0.6) is 5.75 Å². The van der Waals surface area contributed by atoms with Crippen LogP contribution in [0.2, 0.25) is 0 Å². The van der Waals surface area contributed by atoms with Gasteiger partial charge in [0, 0.05) is 12.6 Å². The third-order valence-corrected chi connectivity index (χ3v) is 9.63. The van der Waals surface area contributed by atoms with Crippen molar-refractivity contribution in [1.82, 2.24) is 10.2 Å². The first kappa shape index (κ1) is 31.1. The second-order valence-corrected chi connectivity index (χ2v) is 12.9. The van der Waals surface area contributed by atoms with Gasteiger partial charge in [0.25, 0.3) is 10.0 Å². The molecule has 1 aliphatic carbocycles. The molecule has 4 rings (SSSR count). The van der Waals surface area contributed by atoms with Gasteiger partial charge in [0.15, 0.2) is 0 Å². The molecular formula is C33H41N3O5S. The standard InChI is InChI=1S/C33H41N3O5S/c1-24-10-14-27(15-11-24)22-35(26(3)33(38)34-28-8-6-5-7-9-28)32(37)23-36(29-16-12-25(2)13-17-29)42(39,40)31-20-18-30(41-4)19-21-31/h10-21,26,28H,5-9,22-23H2,1-4H3,(H,34,38). The molecule has 1 fully saturated rings. The zero-order valence-corrected chi connectivity index (χ0v) is 25.7. The highest BCUT2D eigenvalue weighted by molar-refractivity contribution is 7.92. The van der Waals surface area contributed by atoms with Crippen LogP contribution in [0.4, 0.5) is 5.69 Å². The summed E-state index contributed by atoms with van der Waals surface area (Å²) in [6.07, 6.45) is 5.15. The number of benzene rings is 3. The topological polar surface area (TPSA) is 96.0 Å². The SMILES string of the molecule is COc1ccc(S(=O)(=O)N(CC(=O)N(Cc2ccc(C)cc2)C(C)C(=O)NC2CCCCC2)c2ccc(C)cc2)cc1. The Morgan fingerprint density at radius 1 is 0.881 bits per heavy atom. The van der Waals surface area contributed by atoms with E-state index in [0.29, 0.717) is 11.4 Å². The molecule has 0 aromatic heterocycles. The van der Waals surface area contributed by atoms with Crippen molar-refractivity contribution in [3.8, 4) is 5.75 Å². The molecule has 1 saturated carbocycles. The summed E-state index contributed by atoms with van der Waals surface area (Å²) in [6.45, 7) is 5.30. The highest BCUT2D eigenvalue weighted by atomic mass is 32.2. The van der Waals surface area contributed by atoms with Gasteiger partial charge in [-0.25, -0.2) is 8.42 Å². The Balaban J connectivity index is 1.66. The van der Waals surface area contributed by atoms with Gasteiger partial charge in [-0.3, -0.25) is 13.9 Å². The third kappa shape index (κ3) is 7.70. The lowest BCUT2D eigenvalue weighted by molar-refractivity contribution is -0.139. The minimum atomic E-state index is -4.14. The molecule has 0 saturated heterocycles. The number of nitrogens with zero attached hydrogens (tertiary/aromatic N) is 2. The predicted octanol–water partition coefficient (Wildman–Crippen LogP) is 5.37. The summed E-state index contributed by atoms with van der Waals surface area (Å²) >= 11 is 0. The van der Waals surface area contributed by atoms with Crippen LogP contribution in [0.25, 0.3) is 0 Å². The monoisotopic (exact) mass is 591 g/mol. The van der Waals surface area contributed by atoms with E-state index in [1.807, 2.05) is 38.1 Å². The number of methoxy groups -OCH3 is 1. The molecule has 224 valence electrons. The van der Waals surface area contributed by atoms with Crippen LogP contribution in [0.15, 0.2) is 77.7 Å². The van der Waals surface area contributed by atoms with Crippen molar-refractivity contribution in [3.63, 3.8) is 0 Å². The summed E-state index contributed by atoms with van der Waals surface area (Å²) in [4.78, 5) is 29.0. The largest absolute Gasteiger partial charge is 0.497 e. The van der Waals surface area contributed by atoms with Crippen LogP contribution >= 0.6 is 0 Å². The van der Waals surface area contributed by atoms with E-state index in [2.05, 4.69) is 5.32 Å². The molecule has 1 aliphatic rings. The maximum absolute atomic E-state index is 14.1. The number of carbonyl (C=O) groups is 2. The van der Waals surface area contributed by atoms with Gasteiger partial charge < -0.3 is 15.0 Å². The summed E-state index contributed by atoms with van der Waals surface area (Å²) in [5, 5.41) is 3.13. The van der Waals surface area contributed by atoms with Gasteiger partial charge in [-0.05, 0) is 75.6 Å². The van der Waals surface area contributed by atoms with Gasteiger partial charge >= 0.3 is 0 Å². The Bertz CT molecular complexity index is 1450. The van der Waals surface area contributed by atoms with Crippen molar-refractivity contribution in [1.29, 1.82) is 0 Å². The molecule has 42 heavy (non-hydrogen) atoms. The van der Waals surface area contributed by atoms with E-state index < -0.39 is 28.5 Å². The number of ether oxygens (including phenoxy) is 1. The second kappa shape index (κ2) is 13.9. The number of anilines is 1.